The van der Waals surface area contributed by atoms with Crippen LogP contribution in [0.25, 0.3) is 0 Å². The molecule has 0 aliphatic rings. The van der Waals surface area contributed by atoms with Crippen molar-refractivity contribution >= 4 is 19.8 Å². The molecule has 368 valence electrons. The molecule has 2 atom stereocenters. The molecular weight excluding hydrogens is 810 g/mol. The summed E-state index contributed by atoms with van der Waals surface area (Å²) in [4.78, 5) is 35.5. The molecule has 0 saturated heterocycles. The van der Waals surface area contributed by atoms with Crippen molar-refractivity contribution in [1.29, 1.82) is 0 Å². The first-order valence-corrected chi connectivity index (χ1v) is 27.4. The van der Waals surface area contributed by atoms with Gasteiger partial charge in [0.05, 0.1) is 27.7 Å². The normalized spacial score (nSPS) is 13.8. The molecule has 1 N–H and O–H groups in total. The van der Waals surface area contributed by atoms with Crippen molar-refractivity contribution < 1.29 is 42.1 Å². The number of esters is 2. The van der Waals surface area contributed by atoms with Gasteiger partial charge in [-0.1, -0.05) is 210 Å². The van der Waals surface area contributed by atoms with Crippen LogP contribution in [0.2, 0.25) is 0 Å². The summed E-state index contributed by atoms with van der Waals surface area (Å²) < 4.78 is 34.4. The van der Waals surface area contributed by atoms with Gasteiger partial charge in [0.2, 0.25) is 0 Å². The van der Waals surface area contributed by atoms with Crippen LogP contribution in [0, 0.1) is 0 Å². The maximum absolute atomic E-state index is 12.8. The Hall–Kier alpha value is -2.03. The molecule has 10 heteroatoms. The van der Waals surface area contributed by atoms with Gasteiger partial charge in [0.15, 0.2) is 6.10 Å². The number of hydrogen-bond donors (Lipinski definition) is 1. The Bertz CT molecular complexity index is 1210. The highest BCUT2D eigenvalue weighted by atomic mass is 31.2. The lowest BCUT2D eigenvalue weighted by Crippen LogP contribution is -2.37. The molecule has 9 nitrogen and oxygen atoms in total. The molecular formula is C53H99NO8P+. The lowest BCUT2D eigenvalue weighted by molar-refractivity contribution is -0.870. The van der Waals surface area contributed by atoms with E-state index in [9.17, 15) is 19.0 Å². The van der Waals surface area contributed by atoms with Crippen LogP contribution in [0.15, 0.2) is 48.6 Å². The molecule has 0 aliphatic carbocycles. The second-order valence-corrected chi connectivity index (χ2v) is 20.0. The Morgan fingerprint density at radius 3 is 1.35 bits per heavy atom. The Labute approximate surface area is 388 Å². The number of hydrogen-bond acceptors (Lipinski definition) is 7. The molecule has 63 heavy (non-hydrogen) atoms. The van der Waals surface area contributed by atoms with Gasteiger partial charge in [-0.3, -0.25) is 18.6 Å². The number of ether oxygens (including phenoxy) is 2. The molecule has 0 bridgehead atoms. The van der Waals surface area contributed by atoms with Gasteiger partial charge < -0.3 is 18.9 Å². The smallest absolute Gasteiger partial charge is 0.462 e. The van der Waals surface area contributed by atoms with Gasteiger partial charge in [-0.15, -0.1) is 0 Å². The number of nitrogens with zero attached hydrogens (tertiary/aromatic N) is 1. The number of likely N-dealkylation sites (N-methyl/N-ethyl adjacent to an activating group) is 1. The van der Waals surface area contributed by atoms with E-state index in [0.29, 0.717) is 23.9 Å². The van der Waals surface area contributed by atoms with E-state index in [1.165, 1.54) is 135 Å². The van der Waals surface area contributed by atoms with Crippen LogP contribution in [0.3, 0.4) is 0 Å². The third-order valence-corrected chi connectivity index (χ3v) is 12.1. The molecule has 0 amide bonds. The molecule has 0 heterocycles. The maximum atomic E-state index is 12.8. The highest BCUT2D eigenvalue weighted by molar-refractivity contribution is 7.47. The van der Waals surface area contributed by atoms with Crippen molar-refractivity contribution in [3.8, 4) is 0 Å². The minimum absolute atomic E-state index is 0.0325. The fraction of sp³-hybridized carbons (Fsp3) is 0.811. The van der Waals surface area contributed by atoms with E-state index in [-0.39, 0.29) is 25.6 Å². The second kappa shape index (κ2) is 45.1. The quantitative estimate of drug-likeness (QED) is 0.0211. The molecule has 0 aromatic carbocycles. The Kier molecular flexibility index (Phi) is 43.7. The first-order chi connectivity index (χ1) is 30.5. The summed E-state index contributed by atoms with van der Waals surface area (Å²) in [5.41, 5.74) is 0. The van der Waals surface area contributed by atoms with Crippen LogP contribution in [-0.2, 0) is 32.7 Å². The Morgan fingerprint density at radius 1 is 0.508 bits per heavy atom. The van der Waals surface area contributed by atoms with Crippen LogP contribution < -0.4 is 0 Å². The third-order valence-electron chi connectivity index (χ3n) is 11.1. The maximum Gasteiger partial charge on any atom is 0.472 e. The summed E-state index contributed by atoms with van der Waals surface area (Å²) in [6.45, 7) is 4.33. The zero-order valence-electron chi connectivity index (χ0n) is 41.6. The number of unbranched alkanes of at least 4 members (excludes halogenated alkanes) is 25. The number of quaternary nitrogens is 1. The zero-order chi connectivity index (χ0) is 46.4. The van der Waals surface area contributed by atoms with Crippen molar-refractivity contribution in [3.05, 3.63) is 48.6 Å². The number of phosphoric acid groups is 1. The lowest BCUT2D eigenvalue weighted by Gasteiger charge is -2.24. The largest absolute Gasteiger partial charge is 0.472 e. The fourth-order valence-electron chi connectivity index (χ4n) is 7.12. The molecule has 0 aliphatic heterocycles. The van der Waals surface area contributed by atoms with Gasteiger partial charge in [-0.2, -0.15) is 0 Å². The van der Waals surface area contributed by atoms with E-state index in [2.05, 4.69) is 62.5 Å². The summed E-state index contributed by atoms with van der Waals surface area (Å²) in [5, 5.41) is 0. The van der Waals surface area contributed by atoms with Gasteiger partial charge in [-0.25, -0.2) is 4.57 Å². The first-order valence-electron chi connectivity index (χ1n) is 25.9. The Balaban J connectivity index is 4.13. The van der Waals surface area contributed by atoms with E-state index >= 15 is 0 Å². The molecule has 0 aromatic heterocycles. The molecule has 0 rings (SSSR count). The summed E-state index contributed by atoms with van der Waals surface area (Å²) in [5.74, 6) is -0.792. The number of rotatable bonds is 47. The zero-order valence-corrected chi connectivity index (χ0v) is 42.5. The van der Waals surface area contributed by atoms with E-state index < -0.39 is 26.5 Å². The van der Waals surface area contributed by atoms with Crippen LogP contribution in [0.1, 0.15) is 226 Å². The number of phosphoric ester groups is 1. The summed E-state index contributed by atoms with van der Waals surface area (Å²) in [7, 11) is 1.48. The Morgan fingerprint density at radius 2 is 0.905 bits per heavy atom. The summed E-state index contributed by atoms with van der Waals surface area (Å²) in [6.07, 6.45) is 54.5. The SMILES string of the molecule is CC/C=C\C/C=C\C/C=C\C/C=C\CCCCCCCCCCCCCCCCC(=O)OC(COC(=O)CCCCCCCCCCCCCC)COP(=O)(O)OCC[N+](C)(C)C. The van der Waals surface area contributed by atoms with E-state index in [1.54, 1.807) is 0 Å². The molecule has 0 aromatic rings. The van der Waals surface area contributed by atoms with Gasteiger partial charge in [0.25, 0.3) is 0 Å². The molecule has 0 spiro atoms. The van der Waals surface area contributed by atoms with Gasteiger partial charge in [-0.05, 0) is 51.4 Å². The predicted molar refractivity (Wildman–Crippen MR) is 266 cm³/mol. The van der Waals surface area contributed by atoms with Gasteiger partial charge >= 0.3 is 19.8 Å². The number of allylic oxidation sites excluding steroid dienone is 8. The minimum atomic E-state index is -4.38. The van der Waals surface area contributed by atoms with Crippen LogP contribution in [-0.4, -0.2) is 74.9 Å². The van der Waals surface area contributed by atoms with Crippen molar-refractivity contribution in [2.45, 2.75) is 232 Å². The summed E-state index contributed by atoms with van der Waals surface area (Å²) >= 11 is 0. The van der Waals surface area contributed by atoms with Crippen molar-refractivity contribution in [2.75, 3.05) is 47.5 Å². The van der Waals surface area contributed by atoms with E-state index in [4.69, 9.17) is 18.5 Å². The lowest BCUT2D eigenvalue weighted by atomic mass is 10.0. The molecule has 2 unspecified atom stereocenters. The first kappa shape index (κ1) is 61.0. The van der Waals surface area contributed by atoms with Gasteiger partial charge in [0.1, 0.15) is 19.8 Å². The molecule has 0 saturated carbocycles. The monoisotopic (exact) mass is 909 g/mol. The van der Waals surface area contributed by atoms with E-state index in [0.717, 1.165) is 57.8 Å². The predicted octanol–water partition coefficient (Wildman–Crippen LogP) is 15.4. The van der Waals surface area contributed by atoms with Gasteiger partial charge in [0, 0.05) is 12.8 Å². The van der Waals surface area contributed by atoms with Crippen LogP contribution in [0.5, 0.6) is 0 Å². The van der Waals surface area contributed by atoms with E-state index in [1.807, 2.05) is 21.1 Å². The fourth-order valence-corrected chi connectivity index (χ4v) is 7.87. The topological polar surface area (TPSA) is 108 Å². The third kappa shape index (κ3) is 49.2. The van der Waals surface area contributed by atoms with Crippen molar-refractivity contribution in [2.24, 2.45) is 0 Å². The molecule has 0 fully saturated rings. The summed E-state index contributed by atoms with van der Waals surface area (Å²) in [6, 6.07) is 0. The van der Waals surface area contributed by atoms with Crippen molar-refractivity contribution in [3.63, 3.8) is 0 Å². The second-order valence-electron chi connectivity index (χ2n) is 18.5. The highest BCUT2D eigenvalue weighted by Crippen LogP contribution is 2.43. The standard InChI is InChI=1S/C53H98NO8P/c1-6-8-10-12-14-16-18-20-21-22-23-24-25-26-27-28-29-30-31-32-33-34-36-38-40-42-44-46-53(56)62-51(50-61-63(57,58)60-48-47-54(3,4)5)49-59-52(55)45-43-41-39-37-35-19-17-15-13-11-9-7-2/h8,10,14,16,20-21,23-24,51H,6-7,9,11-13,15,17-19,22,25-50H2,1-5H3/p+1/b10-8-,16-14-,21-20-,24-23-. The van der Waals surface area contributed by atoms with Crippen molar-refractivity contribution in [1.82, 2.24) is 0 Å². The number of carbonyl (C=O) groups is 2. The minimum Gasteiger partial charge on any atom is -0.462 e. The average Bonchev–Trinajstić information content (AvgIpc) is 3.24. The van der Waals surface area contributed by atoms with Crippen LogP contribution in [0.4, 0.5) is 0 Å². The number of carbonyl (C=O) groups excluding carboxylic acids is 2. The highest BCUT2D eigenvalue weighted by Gasteiger charge is 2.27. The van der Waals surface area contributed by atoms with Crippen LogP contribution >= 0.6 is 7.82 Å². The molecule has 0 radical (unpaired) electrons. The average molecular weight is 909 g/mol.